The molecule has 0 saturated carbocycles. The largest absolute Gasteiger partial charge is 0.380 e. The molecule has 1 aromatic rings. The van der Waals surface area contributed by atoms with Crippen molar-refractivity contribution < 1.29 is 4.74 Å². The highest BCUT2D eigenvalue weighted by Gasteiger charge is 2.23. The monoisotopic (exact) mass is 208 g/mol. The Hall–Kier alpha value is -1.36. The second-order valence-corrected chi connectivity index (χ2v) is 3.82. The lowest BCUT2D eigenvalue weighted by Gasteiger charge is -2.17. The molecule has 0 amide bonds. The summed E-state index contributed by atoms with van der Waals surface area (Å²) in [7, 11) is 1.74. The van der Waals surface area contributed by atoms with Crippen LogP contribution in [0.15, 0.2) is 6.07 Å². The molecule has 2 rings (SSSR count). The minimum Gasteiger partial charge on any atom is -0.380 e. The zero-order chi connectivity index (χ0) is 10.8. The number of nitrogens with two attached hydrogens (primary N) is 1. The van der Waals surface area contributed by atoms with Gasteiger partial charge in [0.15, 0.2) is 0 Å². The molecule has 2 N–H and O–H groups in total. The molecule has 0 radical (unpaired) electrons. The molecule has 82 valence electrons. The van der Waals surface area contributed by atoms with Crippen molar-refractivity contribution in [1.29, 1.82) is 0 Å². The fourth-order valence-corrected chi connectivity index (χ4v) is 1.87. The topological polar surface area (TPSA) is 64.3 Å². The van der Waals surface area contributed by atoms with Crippen LogP contribution in [0.5, 0.6) is 0 Å². The van der Waals surface area contributed by atoms with Crippen LogP contribution in [0, 0.1) is 6.92 Å². The van der Waals surface area contributed by atoms with E-state index in [1.807, 2.05) is 13.0 Å². The van der Waals surface area contributed by atoms with E-state index < -0.39 is 0 Å². The Morgan fingerprint density at radius 1 is 1.53 bits per heavy atom. The molecule has 1 aliphatic heterocycles. The summed E-state index contributed by atoms with van der Waals surface area (Å²) in [5, 5.41) is 0. The first-order chi connectivity index (χ1) is 7.19. The zero-order valence-electron chi connectivity index (χ0n) is 9.10. The molecule has 1 aliphatic rings. The highest BCUT2D eigenvalue weighted by atomic mass is 16.5. The first-order valence-corrected chi connectivity index (χ1v) is 5.08. The smallest absolute Gasteiger partial charge is 0.222 e. The highest BCUT2D eigenvalue weighted by molar-refractivity contribution is 5.44. The van der Waals surface area contributed by atoms with Gasteiger partial charge in [0.2, 0.25) is 5.95 Å². The SMILES string of the molecule is COC1CCN(c2cc(C)nc(N)n2)C1. The minimum atomic E-state index is 0.307. The Bertz CT molecular complexity index is 335. The maximum Gasteiger partial charge on any atom is 0.222 e. The number of ether oxygens (including phenoxy) is 1. The van der Waals surface area contributed by atoms with Gasteiger partial charge in [0.25, 0.3) is 0 Å². The van der Waals surface area contributed by atoms with Gasteiger partial charge >= 0.3 is 0 Å². The van der Waals surface area contributed by atoms with Crippen LogP contribution in [-0.4, -0.2) is 36.3 Å². The summed E-state index contributed by atoms with van der Waals surface area (Å²) < 4.78 is 5.31. The third-order valence-electron chi connectivity index (χ3n) is 2.66. The summed E-state index contributed by atoms with van der Waals surface area (Å²) in [5.41, 5.74) is 6.52. The normalized spacial score (nSPS) is 20.9. The van der Waals surface area contributed by atoms with Crippen LogP contribution in [0.2, 0.25) is 0 Å². The van der Waals surface area contributed by atoms with Gasteiger partial charge in [0.1, 0.15) is 5.82 Å². The van der Waals surface area contributed by atoms with Crippen LogP contribution in [0.4, 0.5) is 11.8 Å². The minimum absolute atomic E-state index is 0.307. The molecule has 15 heavy (non-hydrogen) atoms. The van der Waals surface area contributed by atoms with E-state index in [9.17, 15) is 0 Å². The molecule has 0 aliphatic carbocycles. The van der Waals surface area contributed by atoms with Gasteiger partial charge in [-0.15, -0.1) is 0 Å². The number of aryl methyl sites for hydroxylation is 1. The fourth-order valence-electron chi connectivity index (χ4n) is 1.87. The van der Waals surface area contributed by atoms with Gasteiger partial charge in [0.05, 0.1) is 6.10 Å². The molecule has 1 atom stereocenters. The average molecular weight is 208 g/mol. The van der Waals surface area contributed by atoms with Gasteiger partial charge in [-0.2, -0.15) is 4.98 Å². The van der Waals surface area contributed by atoms with E-state index in [4.69, 9.17) is 10.5 Å². The number of hydrogen-bond acceptors (Lipinski definition) is 5. The Labute approximate surface area is 89.3 Å². The van der Waals surface area contributed by atoms with Crippen LogP contribution in [-0.2, 0) is 4.74 Å². The van der Waals surface area contributed by atoms with Gasteiger partial charge in [0, 0.05) is 32.0 Å². The van der Waals surface area contributed by atoms with Gasteiger partial charge in [-0.25, -0.2) is 4.98 Å². The number of hydrogen-bond donors (Lipinski definition) is 1. The van der Waals surface area contributed by atoms with Gasteiger partial charge in [-0.3, -0.25) is 0 Å². The van der Waals surface area contributed by atoms with E-state index in [0.717, 1.165) is 31.0 Å². The third-order valence-corrected chi connectivity index (χ3v) is 2.66. The number of rotatable bonds is 2. The molecular weight excluding hydrogens is 192 g/mol. The van der Waals surface area contributed by atoms with Crippen molar-refractivity contribution in [3.8, 4) is 0 Å². The van der Waals surface area contributed by atoms with Crippen LogP contribution >= 0.6 is 0 Å². The van der Waals surface area contributed by atoms with Crippen molar-refractivity contribution in [3.05, 3.63) is 11.8 Å². The number of nitrogens with zero attached hydrogens (tertiary/aromatic N) is 3. The van der Waals surface area contributed by atoms with E-state index in [0.29, 0.717) is 12.1 Å². The predicted molar refractivity (Wildman–Crippen MR) is 58.8 cm³/mol. The zero-order valence-corrected chi connectivity index (χ0v) is 9.10. The maximum atomic E-state index is 5.61. The summed E-state index contributed by atoms with van der Waals surface area (Å²) in [6.07, 6.45) is 1.35. The molecule has 1 aromatic heterocycles. The van der Waals surface area contributed by atoms with Crippen LogP contribution < -0.4 is 10.6 Å². The van der Waals surface area contributed by atoms with Crippen molar-refractivity contribution in [1.82, 2.24) is 9.97 Å². The van der Waals surface area contributed by atoms with Crippen LogP contribution in [0.1, 0.15) is 12.1 Å². The number of methoxy groups -OCH3 is 1. The molecule has 5 heteroatoms. The fraction of sp³-hybridized carbons (Fsp3) is 0.600. The Morgan fingerprint density at radius 3 is 2.93 bits per heavy atom. The highest BCUT2D eigenvalue weighted by Crippen LogP contribution is 2.20. The summed E-state index contributed by atoms with van der Waals surface area (Å²) in [4.78, 5) is 10.5. The molecule has 0 bridgehead atoms. The van der Waals surface area contributed by atoms with Gasteiger partial charge in [-0.05, 0) is 13.3 Å². The Morgan fingerprint density at radius 2 is 2.33 bits per heavy atom. The lowest BCUT2D eigenvalue weighted by atomic mass is 10.3. The summed E-state index contributed by atoms with van der Waals surface area (Å²) in [6.45, 7) is 3.77. The summed E-state index contributed by atoms with van der Waals surface area (Å²) in [6, 6.07) is 1.95. The maximum absolute atomic E-state index is 5.61. The quantitative estimate of drug-likeness (QED) is 0.770. The van der Waals surface area contributed by atoms with Gasteiger partial charge in [-0.1, -0.05) is 0 Å². The first-order valence-electron chi connectivity index (χ1n) is 5.08. The van der Waals surface area contributed by atoms with Crippen LogP contribution in [0.3, 0.4) is 0 Å². The molecule has 1 saturated heterocycles. The summed E-state index contributed by atoms with van der Waals surface area (Å²) >= 11 is 0. The molecule has 5 nitrogen and oxygen atoms in total. The molecule has 1 unspecified atom stereocenters. The number of aromatic nitrogens is 2. The van der Waals surface area contributed by atoms with E-state index >= 15 is 0 Å². The van der Waals surface area contributed by atoms with E-state index in [2.05, 4.69) is 14.9 Å². The van der Waals surface area contributed by atoms with E-state index in [-0.39, 0.29) is 0 Å². The third kappa shape index (κ3) is 2.18. The van der Waals surface area contributed by atoms with Crippen molar-refractivity contribution in [2.24, 2.45) is 0 Å². The second-order valence-electron chi connectivity index (χ2n) is 3.82. The number of nitrogen functional groups attached to an aromatic ring is 1. The molecule has 1 fully saturated rings. The van der Waals surface area contributed by atoms with Crippen molar-refractivity contribution in [2.75, 3.05) is 30.8 Å². The standard InChI is InChI=1S/C10H16N4O/c1-7-5-9(13-10(11)12-7)14-4-3-8(6-14)15-2/h5,8H,3-4,6H2,1-2H3,(H2,11,12,13). The van der Waals surface area contributed by atoms with Crippen molar-refractivity contribution in [2.45, 2.75) is 19.4 Å². The molecule has 0 aromatic carbocycles. The Balaban J connectivity index is 2.16. The van der Waals surface area contributed by atoms with Crippen molar-refractivity contribution in [3.63, 3.8) is 0 Å². The number of anilines is 2. The second kappa shape index (κ2) is 4.02. The van der Waals surface area contributed by atoms with Gasteiger partial charge < -0.3 is 15.4 Å². The van der Waals surface area contributed by atoms with E-state index in [1.165, 1.54) is 0 Å². The molecular formula is C10H16N4O. The lowest BCUT2D eigenvalue weighted by Crippen LogP contribution is -2.23. The van der Waals surface area contributed by atoms with Crippen LogP contribution in [0.25, 0.3) is 0 Å². The molecule has 0 spiro atoms. The summed E-state index contributed by atoms with van der Waals surface area (Å²) in [5.74, 6) is 1.24. The predicted octanol–water partition coefficient (Wildman–Crippen LogP) is 0.592. The Kier molecular flexibility index (Phi) is 2.73. The van der Waals surface area contributed by atoms with Crippen molar-refractivity contribution >= 4 is 11.8 Å². The first kappa shape index (κ1) is 10.2. The molecule has 2 heterocycles. The van der Waals surface area contributed by atoms with E-state index in [1.54, 1.807) is 7.11 Å². The lowest BCUT2D eigenvalue weighted by molar-refractivity contribution is 0.121. The average Bonchev–Trinajstić information content (AvgIpc) is 2.64.